The Kier molecular flexibility index (Phi) is 34.3. The summed E-state index contributed by atoms with van der Waals surface area (Å²) in [5.74, 6) is -0.224. The molecule has 0 bridgehead atoms. The number of ether oxygens (including phenoxy) is 2. The lowest BCUT2D eigenvalue weighted by Gasteiger charge is -2.40. The molecule has 0 aliphatic carbocycles. The molecule has 1 amide bonds. The van der Waals surface area contributed by atoms with Gasteiger partial charge in [-0.1, -0.05) is 172 Å². The van der Waals surface area contributed by atoms with Crippen molar-refractivity contribution in [2.45, 2.75) is 236 Å². The van der Waals surface area contributed by atoms with Crippen LogP contribution in [0.1, 0.15) is 194 Å². The monoisotopic (exact) mass is 780 g/mol. The predicted octanol–water partition coefficient (Wildman–Crippen LogP) is 9.28. The topological polar surface area (TPSA) is 149 Å². The molecule has 1 rings (SSSR count). The summed E-state index contributed by atoms with van der Waals surface area (Å²) in [5, 5.41) is 54.0. The van der Waals surface area contributed by atoms with E-state index >= 15 is 0 Å². The summed E-state index contributed by atoms with van der Waals surface area (Å²) < 4.78 is 11.1. The molecule has 1 saturated heterocycles. The van der Waals surface area contributed by atoms with Gasteiger partial charge in [-0.05, 0) is 51.4 Å². The van der Waals surface area contributed by atoms with Crippen LogP contribution in [-0.4, -0.2) is 87.5 Å². The van der Waals surface area contributed by atoms with Crippen molar-refractivity contribution < 1.29 is 39.8 Å². The van der Waals surface area contributed by atoms with Crippen molar-refractivity contribution in [3.8, 4) is 0 Å². The van der Waals surface area contributed by atoms with Crippen LogP contribution in [0, 0.1) is 0 Å². The van der Waals surface area contributed by atoms with Gasteiger partial charge in [0.05, 0.1) is 25.4 Å². The molecule has 1 fully saturated rings. The van der Waals surface area contributed by atoms with Crippen molar-refractivity contribution in [2.75, 3.05) is 13.2 Å². The molecule has 7 atom stereocenters. The fourth-order valence-corrected chi connectivity index (χ4v) is 7.00. The average Bonchev–Trinajstić information content (AvgIpc) is 3.18. The molecule has 9 nitrogen and oxygen atoms in total. The van der Waals surface area contributed by atoms with Gasteiger partial charge in [0, 0.05) is 6.42 Å². The van der Waals surface area contributed by atoms with Crippen LogP contribution in [0.2, 0.25) is 0 Å². The van der Waals surface area contributed by atoms with Crippen LogP contribution in [0.3, 0.4) is 0 Å². The van der Waals surface area contributed by atoms with Crippen molar-refractivity contribution in [1.29, 1.82) is 0 Å². The Morgan fingerprint density at radius 1 is 0.600 bits per heavy atom. The molecular weight excluding hydrogens is 695 g/mol. The van der Waals surface area contributed by atoms with Crippen molar-refractivity contribution in [1.82, 2.24) is 5.32 Å². The molecular formula is C46H85NO8. The van der Waals surface area contributed by atoms with Gasteiger partial charge in [0.25, 0.3) is 0 Å². The van der Waals surface area contributed by atoms with Gasteiger partial charge in [-0.3, -0.25) is 4.79 Å². The highest BCUT2D eigenvalue weighted by Gasteiger charge is 2.44. The highest BCUT2D eigenvalue weighted by molar-refractivity contribution is 5.76. The summed E-state index contributed by atoms with van der Waals surface area (Å²) >= 11 is 0. The summed E-state index contributed by atoms with van der Waals surface area (Å²) in [4.78, 5) is 12.8. The highest BCUT2D eigenvalue weighted by atomic mass is 16.7. The van der Waals surface area contributed by atoms with Crippen LogP contribution in [0.25, 0.3) is 0 Å². The van der Waals surface area contributed by atoms with Gasteiger partial charge in [-0.2, -0.15) is 0 Å². The minimum Gasteiger partial charge on any atom is -0.394 e. The van der Waals surface area contributed by atoms with Gasteiger partial charge in [-0.15, -0.1) is 0 Å². The van der Waals surface area contributed by atoms with Gasteiger partial charge < -0.3 is 40.3 Å². The van der Waals surface area contributed by atoms with Gasteiger partial charge in [0.1, 0.15) is 24.4 Å². The SMILES string of the molecule is CCCCCC/C=C\CCCC(=O)NC(COC1OC(CO)C(O)C(O)C1O)C(O)/C=C/CC/C=C/CCCCCCCCCCCCCCCCCCC. The normalized spacial score (nSPS) is 21.6. The Morgan fingerprint density at radius 2 is 1.04 bits per heavy atom. The number of hydrogen-bond acceptors (Lipinski definition) is 8. The molecule has 0 radical (unpaired) electrons. The number of hydrogen-bond donors (Lipinski definition) is 6. The second kappa shape index (κ2) is 36.7. The molecule has 1 aliphatic heterocycles. The third kappa shape index (κ3) is 27.6. The Labute approximate surface area is 336 Å². The number of aliphatic hydroxyl groups excluding tert-OH is 5. The van der Waals surface area contributed by atoms with Crippen LogP contribution < -0.4 is 5.32 Å². The molecule has 6 N–H and O–H groups in total. The van der Waals surface area contributed by atoms with Crippen LogP contribution in [-0.2, 0) is 14.3 Å². The third-order valence-electron chi connectivity index (χ3n) is 10.7. The Morgan fingerprint density at radius 3 is 1.55 bits per heavy atom. The van der Waals surface area contributed by atoms with E-state index in [1.54, 1.807) is 6.08 Å². The minimum absolute atomic E-state index is 0.211. The molecule has 9 heteroatoms. The number of carbonyl (C=O) groups excluding carboxylic acids is 1. The van der Waals surface area contributed by atoms with E-state index in [-0.39, 0.29) is 18.9 Å². The standard InChI is InChI=1S/C46H85NO8/c1-3-5-7-9-11-13-14-15-16-17-18-19-20-21-22-23-24-25-26-28-29-31-33-35-40(49)39(38-54-46-45(53)44(52)43(51)41(37-48)55-46)47-42(50)36-34-32-30-27-12-10-8-6-4-2/h26-28,30,33,35,39-41,43-46,48-49,51-53H,3-25,29,31-32,34,36-38H2,1-2H3,(H,47,50)/b28-26+,30-27-,35-33+. The van der Waals surface area contributed by atoms with Crippen LogP contribution >= 0.6 is 0 Å². The van der Waals surface area contributed by atoms with E-state index in [2.05, 4.69) is 43.5 Å². The molecule has 7 unspecified atom stereocenters. The van der Waals surface area contributed by atoms with E-state index < -0.39 is 49.5 Å². The number of allylic oxidation sites excluding steroid dienone is 5. The second-order valence-corrected chi connectivity index (χ2v) is 15.8. The maximum atomic E-state index is 12.8. The number of carbonyl (C=O) groups is 1. The maximum absolute atomic E-state index is 12.8. The van der Waals surface area contributed by atoms with Crippen molar-refractivity contribution in [2.24, 2.45) is 0 Å². The summed E-state index contributed by atoms with van der Waals surface area (Å²) in [6, 6.07) is -0.833. The number of amides is 1. The molecule has 0 saturated carbocycles. The first-order valence-corrected chi connectivity index (χ1v) is 22.7. The summed E-state index contributed by atoms with van der Waals surface area (Å²) in [6.07, 6.45) is 37.9. The summed E-state index contributed by atoms with van der Waals surface area (Å²) in [6.45, 7) is 3.69. The highest BCUT2D eigenvalue weighted by Crippen LogP contribution is 2.22. The molecule has 1 aliphatic rings. The van der Waals surface area contributed by atoms with E-state index in [0.29, 0.717) is 6.42 Å². The van der Waals surface area contributed by atoms with Gasteiger partial charge in [-0.25, -0.2) is 0 Å². The van der Waals surface area contributed by atoms with Crippen molar-refractivity contribution >= 4 is 5.91 Å². The molecule has 55 heavy (non-hydrogen) atoms. The fourth-order valence-electron chi connectivity index (χ4n) is 7.00. The average molecular weight is 780 g/mol. The fraction of sp³-hybridized carbons (Fsp3) is 0.848. The van der Waals surface area contributed by atoms with Crippen molar-refractivity contribution in [3.63, 3.8) is 0 Å². The summed E-state index contributed by atoms with van der Waals surface area (Å²) in [7, 11) is 0. The van der Waals surface area contributed by atoms with Gasteiger partial charge in [0.2, 0.25) is 5.91 Å². The maximum Gasteiger partial charge on any atom is 0.220 e. The van der Waals surface area contributed by atoms with Gasteiger partial charge in [0.15, 0.2) is 6.29 Å². The lowest BCUT2D eigenvalue weighted by atomic mass is 9.99. The minimum atomic E-state index is -1.57. The predicted molar refractivity (Wildman–Crippen MR) is 226 cm³/mol. The number of nitrogens with one attached hydrogen (secondary N) is 1. The Hall–Kier alpha value is -1.59. The number of aliphatic hydroxyl groups is 5. The smallest absolute Gasteiger partial charge is 0.220 e. The molecule has 0 aromatic rings. The second-order valence-electron chi connectivity index (χ2n) is 15.8. The van der Waals surface area contributed by atoms with Crippen molar-refractivity contribution in [3.05, 3.63) is 36.5 Å². The van der Waals surface area contributed by atoms with Crippen LogP contribution in [0.15, 0.2) is 36.5 Å². The molecule has 322 valence electrons. The third-order valence-corrected chi connectivity index (χ3v) is 10.7. The molecule has 0 aromatic heterocycles. The van der Waals surface area contributed by atoms with E-state index in [4.69, 9.17) is 9.47 Å². The summed E-state index contributed by atoms with van der Waals surface area (Å²) in [5.41, 5.74) is 0. The van der Waals surface area contributed by atoms with Gasteiger partial charge >= 0.3 is 0 Å². The van der Waals surface area contributed by atoms with Crippen LogP contribution in [0.5, 0.6) is 0 Å². The zero-order valence-corrected chi connectivity index (χ0v) is 35.2. The van der Waals surface area contributed by atoms with E-state index in [9.17, 15) is 30.3 Å². The quantitative estimate of drug-likeness (QED) is 0.0270. The Balaban J connectivity index is 2.32. The lowest BCUT2D eigenvalue weighted by Crippen LogP contribution is -2.60. The first-order valence-electron chi connectivity index (χ1n) is 22.7. The van der Waals surface area contributed by atoms with E-state index in [1.807, 2.05) is 6.08 Å². The zero-order valence-electron chi connectivity index (χ0n) is 35.2. The molecule has 0 aromatic carbocycles. The largest absolute Gasteiger partial charge is 0.394 e. The number of unbranched alkanes of at least 4 members (excludes halogenated alkanes) is 23. The first kappa shape index (κ1) is 51.4. The zero-order chi connectivity index (χ0) is 40.2. The molecule has 1 heterocycles. The van der Waals surface area contributed by atoms with Crippen LogP contribution in [0.4, 0.5) is 0 Å². The van der Waals surface area contributed by atoms with E-state index in [0.717, 1.165) is 32.1 Å². The Bertz CT molecular complexity index is 956. The van der Waals surface area contributed by atoms with E-state index in [1.165, 1.54) is 135 Å². The first-order chi connectivity index (χ1) is 26.8. The number of rotatable bonds is 37. The molecule has 0 spiro atoms. The lowest BCUT2D eigenvalue weighted by molar-refractivity contribution is -0.302.